The molecule has 1 N–H and O–H groups in total. The van der Waals surface area contributed by atoms with E-state index in [1.807, 2.05) is 0 Å². The third-order valence-corrected chi connectivity index (χ3v) is 6.47. The van der Waals surface area contributed by atoms with Gasteiger partial charge in [0.25, 0.3) is 0 Å². The van der Waals surface area contributed by atoms with E-state index < -0.39 is 39.0 Å². The van der Waals surface area contributed by atoms with Crippen LogP contribution in [0, 0.1) is 23.7 Å². The summed E-state index contributed by atoms with van der Waals surface area (Å²) in [4.78, 5) is 12.0. The Morgan fingerprint density at radius 3 is 1.72 bits per heavy atom. The summed E-state index contributed by atoms with van der Waals surface area (Å²) in [5.41, 5.74) is -1.25. The summed E-state index contributed by atoms with van der Waals surface area (Å²) in [6.45, 7) is 0. The highest BCUT2D eigenvalue weighted by atomic mass is 32.2. The number of hydrogen-bond donors (Lipinski definition) is 1. The van der Waals surface area contributed by atoms with E-state index in [0.717, 1.165) is 19.3 Å². The Balaban J connectivity index is 1.87. The molecule has 4 saturated carbocycles. The molecule has 0 spiro atoms. The van der Waals surface area contributed by atoms with Crippen molar-refractivity contribution in [3.63, 3.8) is 0 Å². The van der Waals surface area contributed by atoms with E-state index in [1.165, 1.54) is 0 Å². The van der Waals surface area contributed by atoms with Gasteiger partial charge in [0.2, 0.25) is 5.92 Å². The fraction of sp³-hybridized carbons (Fsp3) is 0.929. The largest absolute Gasteiger partial charge is 0.458 e. The fourth-order valence-electron chi connectivity index (χ4n) is 5.04. The molecule has 11 heteroatoms. The molecule has 4 aliphatic carbocycles. The maximum Gasteiger partial charge on any atom is 0.409 e. The number of halogens is 5. The Labute approximate surface area is 140 Å². The average Bonchev–Trinajstić information content (AvgIpc) is 2.31. The van der Waals surface area contributed by atoms with Crippen LogP contribution < -0.4 is 0 Å². The fourth-order valence-corrected chi connectivity index (χ4v) is 5.57. The maximum atomic E-state index is 13.6. The van der Waals surface area contributed by atoms with Crippen LogP contribution in [0.1, 0.15) is 38.5 Å². The molecule has 0 aromatic rings. The quantitative estimate of drug-likeness (QED) is 0.452. The molecule has 0 saturated heterocycles. The van der Waals surface area contributed by atoms with Crippen LogP contribution in [0.25, 0.3) is 0 Å². The topological polar surface area (TPSA) is 80.7 Å². The lowest BCUT2D eigenvalue weighted by Gasteiger charge is -2.55. The SMILES string of the molecule is O=C(OC12CC3CC(CC(C3)C1)C2)C(C(F)(F)F)C(F)(F)S(=O)(=O)O. The molecule has 1 unspecified atom stereocenters. The zero-order valence-corrected chi connectivity index (χ0v) is 13.7. The van der Waals surface area contributed by atoms with E-state index in [9.17, 15) is 35.2 Å². The summed E-state index contributed by atoms with van der Waals surface area (Å²) < 4.78 is 101. The van der Waals surface area contributed by atoms with Crippen LogP contribution in [-0.4, -0.2) is 36.0 Å². The highest BCUT2D eigenvalue weighted by Gasteiger charge is 2.68. The molecule has 4 bridgehead atoms. The second-order valence-electron chi connectivity index (χ2n) is 7.53. The van der Waals surface area contributed by atoms with Crippen molar-refractivity contribution in [2.24, 2.45) is 23.7 Å². The van der Waals surface area contributed by atoms with E-state index >= 15 is 0 Å². The molecule has 4 aliphatic rings. The van der Waals surface area contributed by atoms with Gasteiger partial charge in [0, 0.05) is 0 Å². The minimum atomic E-state index is -6.45. The summed E-state index contributed by atoms with van der Waals surface area (Å²) in [6, 6.07) is 0. The van der Waals surface area contributed by atoms with Gasteiger partial charge in [-0.25, -0.2) is 0 Å². The summed E-state index contributed by atoms with van der Waals surface area (Å²) in [7, 11) is -6.45. The predicted molar refractivity (Wildman–Crippen MR) is 73.0 cm³/mol. The standard InChI is InChI=1S/C14H17F5O5S/c15-13(16,17)10(14(18,19)25(21,22)23)11(20)24-12-4-7-1-8(5-12)3-9(2-7)6-12/h7-10H,1-6H2,(H,21,22,23). The van der Waals surface area contributed by atoms with Crippen molar-refractivity contribution in [3.05, 3.63) is 0 Å². The first-order valence-corrected chi connectivity index (χ1v) is 9.32. The minimum Gasteiger partial charge on any atom is -0.458 e. The number of carbonyl (C=O) groups is 1. The second-order valence-corrected chi connectivity index (χ2v) is 9.03. The van der Waals surface area contributed by atoms with Gasteiger partial charge in [0.1, 0.15) is 5.60 Å². The van der Waals surface area contributed by atoms with Crippen molar-refractivity contribution in [1.29, 1.82) is 0 Å². The molecule has 144 valence electrons. The monoisotopic (exact) mass is 392 g/mol. The van der Waals surface area contributed by atoms with Gasteiger partial charge in [-0.05, 0) is 56.3 Å². The minimum absolute atomic E-state index is 0.172. The van der Waals surface area contributed by atoms with Gasteiger partial charge < -0.3 is 4.74 Å². The summed E-state index contributed by atoms with van der Waals surface area (Å²) in [6.07, 6.45) is -2.37. The summed E-state index contributed by atoms with van der Waals surface area (Å²) in [5.74, 6) is -6.10. The molecule has 25 heavy (non-hydrogen) atoms. The number of carbonyl (C=O) groups excluding carboxylic acids is 1. The molecule has 1 atom stereocenters. The van der Waals surface area contributed by atoms with Crippen molar-refractivity contribution < 1.29 is 44.5 Å². The third-order valence-electron chi connectivity index (χ3n) is 5.54. The predicted octanol–water partition coefficient (Wildman–Crippen LogP) is 3.16. The summed E-state index contributed by atoms with van der Waals surface area (Å²) >= 11 is 0. The number of alkyl halides is 5. The van der Waals surface area contributed by atoms with Crippen LogP contribution >= 0.6 is 0 Å². The van der Waals surface area contributed by atoms with Gasteiger partial charge in [-0.15, -0.1) is 0 Å². The second kappa shape index (κ2) is 5.51. The molecular weight excluding hydrogens is 375 g/mol. The van der Waals surface area contributed by atoms with Gasteiger partial charge in [-0.3, -0.25) is 9.35 Å². The molecule has 4 rings (SSSR count). The Morgan fingerprint density at radius 2 is 1.40 bits per heavy atom. The zero-order valence-electron chi connectivity index (χ0n) is 12.9. The van der Waals surface area contributed by atoms with E-state index in [1.54, 1.807) is 0 Å². The lowest BCUT2D eigenvalue weighted by atomic mass is 9.54. The molecular formula is C14H17F5O5S. The first-order valence-electron chi connectivity index (χ1n) is 7.88. The smallest absolute Gasteiger partial charge is 0.409 e. The third kappa shape index (κ3) is 3.24. The first-order chi connectivity index (χ1) is 11.2. The molecule has 5 nitrogen and oxygen atoms in total. The highest BCUT2D eigenvalue weighted by Crippen LogP contribution is 2.57. The molecule has 0 radical (unpaired) electrons. The van der Waals surface area contributed by atoms with Gasteiger partial charge in [0.05, 0.1) is 0 Å². The van der Waals surface area contributed by atoms with Crippen molar-refractivity contribution in [1.82, 2.24) is 0 Å². The van der Waals surface area contributed by atoms with Crippen LogP contribution in [0.15, 0.2) is 0 Å². The Hall–Kier alpha value is -0.970. The average molecular weight is 392 g/mol. The van der Waals surface area contributed by atoms with Gasteiger partial charge in [0.15, 0.2) is 0 Å². The Bertz CT molecular complexity index is 636. The molecule has 0 aliphatic heterocycles. The number of hydrogen-bond acceptors (Lipinski definition) is 4. The van der Waals surface area contributed by atoms with E-state index in [2.05, 4.69) is 0 Å². The highest BCUT2D eigenvalue weighted by molar-refractivity contribution is 7.86. The molecule has 0 aromatic heterocycles. The number of esters is 1. The van der Waals surface area contributed by atoms with E-state index in [4.69, 9.17) is 9.29 Å². The number of rotatable bonds is 4. The summed E-state index contributed by atoms with van der Waals surface area (Å²) in [5, 5.41) is -5.72. The molecule has 4 fully saturated rings. The normalized spacial score (nSPS) is 36.3. The van der Waals surface area contributed by atoms with Crippen molar-refractivity contribution in [3.8, 4) is 0 Å². The first kappa shape index (κ1) is 18.8. The molecule has 0 amide bonds. The number of ether oxygens (including phenoxy) is 1. The van der Waals surface area contributed by atoms with Crippen LogP contribution in [0.3, 0.4) is 0 Å². The van der Waals surface area contributed by atoms with Gasteiger partial charge in [-0.2, -0.15) is 30.4 Å². The van der Waals surface area contributed by atoms with Crippen LogP contribution in [-0.2, 0) is 19.6 Å². The van der Waals surface area contributed by atoms with Gasteiger partial charge in [-0.1, -0.05) is 0 Å². The zero-order chi connectivity index (χ0) is 18.8. The van der Waals surface area contributed by atoms with Crippen molar-refractivity contribution in [2.45, 2.75) is 55.6 Å². The lowest BCUT2D eigenvalue weighted by molar-refractivity contribution is -0.243. The molecule has 0 aromatic carbocycles. The van der Waals surface area contributed by atoms with Crippen molar-refractivity contribution >= 4 is 16.1 Å². The van der Waals surface area contributed by atoms with Crippen LogP contribution in [0.2, 0.25) is 0 Å². The Kier molecular flexibility index (Phi) is 4.15. The maximum absolute atomic E-state index is 13.6. The molecule has 0 heterocycles. The van der Waals surface area contributed by atoms with Gasteiger partial charge >= 0.3 is 27.5 Å². The van der Waals surface area contributed by atoms with E-state index in [0.29, 0.717) is 19.3 Å². The van der Waals surface area contributed by atoms with E-state index in [-0.39, 0.29) is 17.8 Å². The van der Waals surface area contributed by atoms with Crippen LogP contribution in [0.5, 0.6) is 0 Å². The van der Waals surface area contributed by atoms with Crippen molar-refractivity contribution in [2.75, 3.05) is 0 Å². The van der Waals surface area contributed by atoms with Crippen LogP contribution in [0.4, 0.5) is 22.0 Å². The lowest BCUT2D eigenvalue weighted by Crippen LogP contribution is -2.56. The Morgan fingerprint density at radius 1 is 1.00 bits per heavy atom.